The maximum Gasteiger partial charge on any atom is 0.0590 e. The van der Waals surface area contributed by atoms with Gasteiger partial charge in [-0.3, -0.25) is 16.7 Å². The van der Waals surface area contributed by atoms with Crippen LogP contribution in [0.1, 0.15) is 0 Å². The Morgan fingerprint density at radius 1 is 1.00 bits per heavy atom. The molecule has 68 valence electrons. The number of hydrazine groups is 2. The Bertz CT molecular complexity index is 60.0. The molecular weight excluding hydrogens is 144 g/mol. The summed E-state index contributed by atoms with van der Waals surface area (Å²) in [5, 5.41) is 3.09. The normalized spacial score (nSPS) is 10.4. The summed E-state index contributed by atoms with van der Waals surface area (Å²) >= 11 is 0. The second-order valence-electron chi connectivity index (χ2n) is 2.02. The maximum absolute atomic E-state index is 5.24. The number of rotatable bonds is 8. The molecule has 0 bridgehead atoms. The van der Waals surface area contributed by atoms with Gasteiger partial charge in [0.2, 0.25) is 0 Å². The van der Waals surface area contributed by atoms with E-state index >= 15 is 0 Å². The fourth-order valence-corrected chi connectivity index (χ4v) is 0.535. The van der Waals surface area contributed by atoms with Crippen molar-refractivity contribution in [2.75, 3.05) is 32.8 Å². The lowest BCUT2D eigenvalue weighted by molar-refractivity contribution is 0.488. The molecule has 0 rings (SSSR count). The van der Waals surface area contributed by atoms with Gasteiger partial charge in [0.25, 0.3) is 0 Å². The summed E-state index contributed by atoms with van der Waals surface area (Å²) < 4.78 is 0. The van der Waals surface area contributed by atoms with E-state index in [0.717, 1.165) is 19.6 Å². The molecule has 0 aliphatic heterocycles. The first-order valence-corrected chi connectivity index (χ1v) is 3.71. The Balaban J connectivity index is 2.69. The van der Waals surface area contributed by atoms with E-state index in [4.69, 9.17) is 11.6 Å². The standard InChI is InChI=1S/C5H18N6/c6-1-2-10-11-5-8-3-4-9-7/h8-11H,1-7H2. The molecule has 0 aromatic heterocycles. The van der Waals surface area contributed by atoms with E-state index in [-0.39, 0.29) is 0 Å². The summed E-state index contributed by atoms with van der Waals surface area (Å²) in [7, 11) is 0. The molecule has 0 aromatic carbocycles. The monoisotopic (exact) mass is 162 g/mol. The summed E-state index contributed by atoms with van der Waals surface area (Å²) in [6, 6.07) is 0. The van der Waals surface area contributed by atoms with Crippen LogP contribution in [0.3, 0.4) is 0 Å². The van der Waals surface area contributed by atoms with E-state index in [1.807, 2.05) is 0 Å². The van der Waals surface area contributed by atoms with Crippen molar-refractivity contribution < 1.29 is 0 Å². The highest BCUT2D eigenvalue weighted by atomic mass is 15.4. The molecule has 0 radical (unpaired) electrons. The lowest BCUT2D eigenvalue weighted by Crippen LogP contribution is -2.43. The minimum Gasteiger partial charge on any atom is -0.329 e. The zero-order chi connectivity index (χ0) is 8.36. The summed E-state index contributed by atoms with van der Waals surface area (Å²) in [5.41, 5.74) is 13.6. The van der Waals surface area contributed by atoms with Gasteiger partial charge in [-0.15, -0.1) is 0 Å². The minimum atomic E-state index is 0.636. The first-order chi connectivity index (χ1) is 5.41. The van der Waals surface area contributed by atoms with Gasteiger partial charge in [0, 0.05) is 26.2 Å². The predicted octanol–water partition coefficient (Wildman–Crippen LogP) is -2.95. The van der Waals surface area contributed by atoms with Gasteiger partial charge in [0.1, 0.15) is 0 Å². The third-order valence-electron chi connectivity index (χ3n) is 1.05. The Kier molecular flexibility index (Phi) is 9.55. The van der Waals surface area contributed by atoms with E-state index in [0.29, 0.717) is 13.2 Å². The molecule has 0 aromatic rings. The van der Waals surface area contributed by atoms with Crippen LogP contribution in [0.15, 0.2) is 0 Å². The van der Waals surface area contributed by atoms with Crippen molar-refractivity contribution in [1.82, 2.24) is 21.6 Å². The molecule has 6 heteroatoms. The van der Waals surface area contributed by atoms with E-state index in [1.54, 1.807) is 0 Å². The molecule has 0 unspecified atom stereocenters. The molecule has 0 aliphatic carbocycles. The minimum absolute atomic E-state index is 0.636. The Morgan fingerprint density at radius 2 is 1.82 bits per heavy atom. The highest BCUT2D eigenvalue weighted by molar-refractivity contribution is 4.45. The third-order valence-corrected chi connectivity index (χ3v) is 1.05. The van der Waals surface area contributed by atoms with Crippen molar-refractivity contribution in [2.24, 2.45) is 11.6 Å². The molecule has 0 spiro atoms. The molecule has 0 fully saturated rings. The average Bonchev–Trinajstić information content (AvgIpc) is 2.03. The van der Waals surface area contributed by atoms with E-state index < -0.39 is 0 Å². The third kappa shape index (κ3) is 9.76. The molecule has 0 saturated carbocycles. The molecule has 8 N–H and O–H groups in total. The van der Waals surface area contributed by atoms with E-state index in [2.05, 4.69) is 21.6 Å². The Morgan fingerprint density at radius 3 is 2.45 bits per heavy atom. The van der Waals surface area contributed by atoms with Crippen LogP contribution in [0, 0.1) is 0 Å². The number of nitrogens with two attached hydrogens (primary N) is 2. The summed E-state index contributed by atoms with van der Waals surface area (Å²) in [6.45, 7) is 3.72. The fourth-order valence-electron chi connectivity index (χ4n) is 0.535. The summed E-state index contributed by atoms with van der Waals surface area (Å²) in [5.74, 6) is 5.05. The second kappa shape index (κ2) is 9.76. The number of nitrogens with one attached hydrogen (secondary N) is 4. The lowest BCUT2D eigenvalue weighted by Gasteiger charge is -2.06. The Labute approximate surface area is 67.0 Å². The Hall–Kier alpha value is -0.240. The van der Waals surface area contributed by atoms with Gasteiger partial charge >= 0.3 is 0 Å². The topological polar surface area (TPSA) is 100 Å². The van der Waals surface area contributed by atoms with Crippen molar-refractivity contribution in [1.29, 1.82) is 0 Å². The van der Waals surface area contributed by atoms with Crippen molar-refractivity contribution in [3.05, 3.63) is 0 Å². The number of hydrogen-bond acceptors (Lipinski definition) is 6. The summed E-state index contributed by atoms with van der Waals surface area (Å²) in [6.07, 6.45) is 0. The SMILES string of the molecule is NCCNNCNCCNN. The van der Waals surface area contributed by atoms with Gasteiger partial charge in [-0.25, -0.2) is 5.43 Å². The van der Waals surface area contributed by atoms with Crippen LogP contribution in [-0.2, 0) is 0 Å². The van der Waals surface area contributed by atoms with Crippen LogP contribution in [0.5, 0.6) is 0 Å². The van der Waals surface area contributed by atoms with Gasteiger partial charge in [0.15, 0.2) is 0 Å². The molecule has 0 heterocycles. The van der Waals surface area contributed by atoms with Gasteiger partial charge in [-0.2, -0.15) is 0 Å². The first kappa shape index (κ1) is 10.8. The first-order valence-electron chi connectivity index (χ1n) is 3.71. The van der Waals surface area contributed by atoms with Crippen LogP contribution in [-0.4, -0.2) is 32.8 Å². The highest BCUT2D eigenvalue weighted by Gasteiger charge is 1.83. The van der Waals surface area contributed by atoms with Crippen LogP contribution in [0.25, 0.3) is 0 Å². The predicted molar refractivity (Wildman–Crippen MR) is 45.3 cm³/mol. The van der Waals surface area contributed by atoms with E-state index in [1.165, 1.54) is 0 Å². The van der Waals surface area contributed by atoms with Gasteiger partial charge in [-0.1, -0.05) is 0 Å². The lowest BCUT2D eigenvalue weighted by atomic mass is 10.6. The zero-order valence-electron chi connectivity index (χ0n) is 6.69. The van der Waals surface area contributed by atoms with Crippen molar-refractivity contribution >= 4 is 0 Å². The van der Waals surface area contributed by atoms with Gasteiger partial charge in [-0.05, 0) is 0 Å². The molecule has 6 nitrogen and oxygen atoms in total. The van der Waals surface area contributed by atoms with Gasteiger partial charge < -0.3 is 11.1 Å². The molecular formula is C5H18N6. The average molecular weight is 162 g/mol. The van der Waals surface area contributed by atoms with Gasteiger partial charge in [0.05, 0.1) is 6.67 Å². The largest absolute Gasteiger partial charge is 0.329 e. The smallest absolute Gasteiger partial charge is 0.0590 e. The van der Waals surface area contributed by atoms with Crippen LogP contribution in [0.2, 0.25) is 0 Å². The molecule has 0 saturated heterocycles. The van der Waals surface area contributed by atoms with Crippen LogP contribution in [0.4, 0.5) is 0 Å². The summed E-state index contributed by atoms with van der Waals surface area (Å²) in [4.78, 5) is 0. The van der Waals surface area contributed by atoms with Crippen LogP contribution < -0.4 is 33.2 Å². The highest BCUT2D eigenvalue weighted by Crippen LogP contribution is 1.51. The molecule has 0 aliphatic rings. The van der Waals surface area contributed by atoms with Crippen LogP contribution >= 0.6 is 0 Å². The molecule has 11 heavy (non-hydrogen) atoms. The maximum atomic E-state index is 5.24. The van der Waals surface area contributed by atoms with E-state index in [9.17, 15) is 0 Å². The quantitative estimate of drug-likeness (QED) is 0.0988. The molecule has 0 atom stereocenters. The van der Waals surface area contributed by atoms with Crippen molar-refractivity contribution in [3.63, 3.8) is 0 Å². The van der Waals surface area contributed by atoms with Crippen molar-refractivity contribution in [2.45, 2.75) is 0 Å². The second-order valence-corrected chi connectivity index (χ2v) is 2.02. The molecule has 0 amide bonds. The fraction of sp³-hybridized carbons (Fsp3) is 1.00. The van der Waals surface area contributed by atoms with Crippen molar-refractivity contribution in [3.8, 4) is 0 Å². The number of hydrogen-bond donors (Lipinski definition) is 6. The zero-order valence-corrected chi connectivity index (χ0v) is 6.69.